The van der Waals surface area contributed by atoms with Gasteiger partial charge in [0.2, 0.25) is 0 Å². The summed E-state index contributed by atoms with van der Waals surface area (Å²) in [5.41, 5.74) is 0. The van der Waals surface area contributed by atoms with Gasteiger partial charge in [0.15, 0.2) is 0 Å². The van der Waals surface area contributed by atoms with E-state index in [1.54, 1.807) is 0 Å². The first-order valence-corrected chi connectivity index (χ1v) is 8.06. The fourth-order valence-electron chi connectivity index (χ4n) is 1.72. The zero-order valence-electron chi connectivity index (χ0n) is 9.70. The van der Waals surface area contributed by atoms with Gasteiger partial charge in [-0.1, -0.05) is 6.92 Å². The molecule has 1 fully saturated rings. The largest absolute Gasteiger partial charge is 0.465 e. The highest BCUT2D eigenvalue weighted by molar-refractivity contribution is 8.06. The van der Waals surface area contributed by atoms with Gasteiger partial charge in [-0.25, -0.2) is 0 Å². The van der Waals surface area contributed by atoms with Gasteiger partial charge in [0.1, 0.15) is 11.5 Å². The fourth-order valence-corrected chi connectivity index (χ4v) is 4.36. The molecule has 0 saturated carbocycles. The van der Waals surface area contributed by atoms with E-state index in [4.69, 9.17) is 4.42 Å². The molecule has 2 rings (SSSR count). The van der Waals surface area contributed by atoms with Gasteiger partial charge < -0.3 is 9.73 Å². The Hall–Kier alpha value is -0.0600. The van der Waals surface area contributed by atoms with Gasteiger partial charge >= 0.3 is 0 Å². The maximum absolute atomic E-state index is 5.65. The lowest BCUT2D eigenvalue weighted by atomic mass is 10.3. The van der Waals surface area contributed by atoms with Crippen molar-refractivity contribution in [3.63, 3.8) is 0 Å². The third-order valence-electron chi connectivity index (χ3n) is 2.62. The highest BCUT2D eigenvalue weighted by Crippen LogP contribution is 2.23. The molecule has 1 atom stereocenters. The molecule has 1 aromatic rings. The van der Waals surface area contributed by atoms with Gasteiger partial charge in [0, 0.05) is 35.5 Å². The second kappa shape index (κ2) is 6.62. The summed E-state index contributed by atoms with van der Waals surface area (Å²) in [6.07, 6.45) is 0.981. The Bertz CT molecular complexity index is 308. The Morgan fingerprint density at radius 3 is 2.94 bits per heavy atom. The summed E-state index contributed by atoms with van der Waals surface area (Å²) >= 11 is 4.17. The van der Waals surface area contributed by atoms with E-state index in [-0.39, 0.29) is 0 Å². The monoisotopic (exact) mass is 257 g/mol. The Kier molecular flexibility index (Phi) is 5.13. The summed E-state index contributed by atoms with van der Waals surface area (Å²) < 4.78 is 5.65. The number of hydrogen-bond donors (Lipinski definition) is 1. The SMILES string of the molecule is CCc1ccc(CNCC2CSCCS2)o1. The van der Waals surface area contributed by atoms with Gasteiger partial charge in [-0.05, 0) is 12.1 Å². The first-order valence-electron chi connectivity index (χ1n) is 5.86. The molecule has 0 aromatic carbocycles. The number of hydrogen-bond acceptors (Lipinski definition) is 4. The Labute approximate surface area is 106 Å². The topological polar surface area (TPSA) is 25.2 Å². The van der Waals surface area contributed by atoms with E-state index in [0.717, 1.165) is 36.3 Å². The third kappa shape index (κ3) is 3.75. The van der Waals surface area contributed by atoms with Crippen molar-refractivity contribution in [3.05, 3.63) is 23.7 Å². The molecule has 1 saturated heterocycles. The normalized spacial score (nSPS) is 21.2. The standard InChI is InChI=1S/C12H19NOS2/c1-2-10-3-4-11(14-10)7-13-8-12-9-15-5-6-16-12/h3-4,12-13H,2,5-9H2,1H3. The van der Waals surface area contributed by atoms with Crippen LogP contribution in [0.25, 0.3) is 0 Å². The van der Waals surface area contributed by atoms with Crippen molar-refractivity contribution < 1.29 is 4.42 Å². The number of thioether (sulfide) groups is 2. The molecule has 1 aromatic heterocycles. The minimum absolute atomic E-state index is 0.777. The Morgan fingerprint density at radius 1 is 1.38 bits per heavy atom. The highest BCUT2D eigenvalue weighted by Gasteiger charge is 2.13. The van der Waals surface area contributed by atoms with E-state index in [1.165, 1.54) is 17.3 Å². The first kappa shape index (κ1) is 12.4. The molecule has 1 aliphatic rings. The van der Waals surface area contributed by atoms with E-state index in [0.29, 0.717) is 0 Å². The molecule has 4 heteroatoms. The molecule has 0 radical (unpaired) electrons. The van der Waals surface area contributed by atoms with Crippen LogP contribution in [0.1, 0.15) is 18.4 Å². The number of rotatable bonds is 5. The maximum Gasteiger partial charge on any atom is 0.117 e. The van der Waals surface area contributed by atoms with Crippen LogP contribution in [-0.4, -0.2) is 29.1 Å². The molecular weight excluding hydrogens is 238 g/mol. The molecule has 1 aliphatic heterocycles. The fraction of sp³-hybridized carbons (Fsp3) is 0.667. The van der Waals surface area contributed by atoms with Crippen LogP contribution in [0.3, 0.4) is 0 Å². The Morgan fingerprint density at radius 2 is 2.25 bits per heavy atom. The second-order valence-electron chi connectivity index (χ2n) is 3.92. The van der Waals surface area contributed by atoms with Gasteiger partial charge in [-0.15, -0.1) is 0 Å². The van der Waals surface area contributed by atoms with Crippen molar-refractivity contribution in [3.8, 4) is 0 Å². The summed E-state index contributed by atoms with van der Waals surface area (Å²) in [7, 11) is 0. The molecule has 0 aliphatic carbocycles. The summed E-state index contributed by atoms with van der Waals surface area (Å²) in [4.78, 5) is 0. The minimum atomic E-state index is 0.777. The predicted octanol–water partition coefficient (Wildman–Crippen LogP) is 2.78. The molecule has 1 N–H and O–H groups in total. The summed E-state index contributed by atoms with van der Waals surface area (Å²) in [6.45, 7) is 4.08. The van der Waals surface area contributed by atoms with Gasteiger partial charge in [-0.2, -0.15) is 23.5 Å². The van der Waals surface area contributed by atoms with Crippen molar-refractivity contribution in [1.82, 2.24) is 5.32 Å². The van der Waals surface area contributed by atoms with Gasteiger partial charge in [0.05, 0.1) is 6.54 Å². The molecule has 2 nitrogen and oxygen atoms in total. The van der Waals surface area contributed by atoms with Crippen LogP contribution in [-0.2, 0) is 13.0 Å². The van der Waals surface area contributed by atoms with Gasteiger partial charge in [-0.3, -0.25) is 0 Å². The van der Waals surface area contributed by atoms with Crippen molar-refractivity contribution in [1.29, 1.82) is 0 Å². The molecule has 2 heterocycles. The average molecular weight is 257 g/mol. The zero-order valence-corrected chi connectivity index (χ0v) is 11.3. The third-order valence-corrected chi connectivity index (χ3v) is 5.47. The number of aryl methyl sites for hydroxylation is 1. The highest BCUT2D eigenvalue weighted by atomic mass is 32.2. The van der Waals surface area contributed by atoms with E-state index in [1.807, 2.05) is 0 Å². The lowest BCUT2D eigenvalue weighted by Crippen LogP contribution is -2.28. The average Bonchev–Trinajstić information content (AvgIpc) is 2.78. The van der Waals surface area contributed by atoms with Crippen LogP contribution in [0.2, 0.25) is 0 Å². The van der Waals surface area contributed by atoms with E-state index in [2.05, 4.69) is 47.9 Å². The minimum Gasteiger partial charge on any atom is -0.465 e. The predicted molar refractivity (Wildman–Crippen MR) is 73.4 cm³/mol. The molecular formula is C12H19NOS2. The quantitative estimate of drug-likeness (QED) is 0.877. The van der Waals surface area contributed by atoms with Crippen LogP contribution in [0.4, 0.5) is 0 Å². The molecule has 0 bridgehead atoms. The van der Waals surface area contributed by atoms with E-state index < -0.39 is 0 Å². The Balaban J connectivity index is 1.66. The zero-order chi connectivity index (χ0) is 11.2. The van der Waals surface area contributed by atoms with Crippen LogP contribution in [0.15, 0.2) is 16.5 Å². The lowest BCUT2D eigenvalue weighted by Gasteiger charge is -2.20. The number of furan rings is 1. The van der Waals surface area contributed by atoms with Crippen molar-refractivity contribution >= 4 is 23.5 Å². The van der Waals surface area contributed by atoms with Crippen LogP contribution < -0.4 is 5.32 Å². The van der Waals surface area contributed by atoms with Crippen molar-refractivity contribution in [2.45, 2.75) is 25.1 Å². The number of nitrogens with one attached hydrogen (secondary N) is 1. The van der Waals surface area contributed by atoms with Crippen LogP contribution in [0, 0.1) is 0 Å². The van der Waals surface area contributed by atoms with Crippen LogP contribution in [0.5, 0.6) is 0 Å². The maximum atomic E-state index is 5.65. The summed E-state index contributed by atoms with van der Waals surface area (Å²) in [6, 6.07) is 4.15. The second-order valence-corrected chi connectivity index (χ2v) is 6.48. The molecule has 90 valence electrons. The van der Waals surface area contributed by atoms with Crippen molar-refractivity contribution in [2.75, 3.05) is 23.8 Å². The molecule has 1 unspecified atom stereocenters. The lowest BCUT2D eigenvalue weighted by molar-refractivity contribution is 0.451. The van der Waals surface area contributed by atoms with Gasteiger partial charge in [0.25, 0.3) is 0 Å². The van der Waals surface area contributed by atoms with Crippen LogP contribution >= 0.6 is 23.5 Å². The molecule has 16 heavy (non-hydrogen) atoms. The van der Waals surface area contributed by atoms with E-state index in [9.17, 15) is 0 Å². The molecule has 0 amide bonds. The molecule has 0 spiro atoms. The summed E-state index contributed by atoms with van der Waals surface area (Å²) in [5, 5.41) is 4.26. The van der Waals surface area contributed by atoms with E-state index >= 15 is 0 Å². The first-order chi connectivity index (χ1) is 7.88. The smallest absolute Gasteiger partial charge is 0.117 e. The summed E-state index contributed by atoms with van der Waals surface area (Å²) in [5.74, 6) is 6.05. The van der Waals surface area contributed by atoms with Crippen molar-refractivity contribution in [2.24, 2.45) is 0 Å².